The van der Waals surface area contributed by atoms with Gasteiger partial charge < -0.3 is 4.74 Å². The first kappa shape index (κ1) is 13.8. The Morgan fingerprint density at radius 2 is 1.95 bits per heavy atom. The number of nitrogens with zero attached hydrogens (tertiary/aromatic N) is 1. The molecule has 2 aromatic rings. The maximum Gasteiger partial charge on any atom is 0.358 e. The van der Waals surface area contributed by atoms with Crippen LogP contribution in [0.3, 0.4) is 0 Å². The highest BCUT2D eigenvalue weighted by Crippen LogP contribution is 2.28. The van der Waals surface area contributed by atoms with E-state index >= 15 is 0 Å². The van der Waals surface area contributed by atoms with Crippen LogP contribution in [0.1, 0.15) is 10.5 Å². The average molecular weight is 300 g/mol. The van der Waals surface area contributed by atoms with E-state index in [1.165, 1.54) is 31.4 Å². The number of pyridine rings is 1. The smallest absolute Gasteiger partial charge is 0.358 e. The molecule has 0 saturated heterocycles. The molecule has 0 amide bonds. The molecular formula is C13H8Cl2FNO2. The molecular weight excluding hydrogens is 292 g/mol. The van der Waals surface area contributed by atoms with Crippen molar-refractivity contribution in [2.45, 2.75) is 0 Å². The van der Waals surface area contributed by atoms with E-state index in [0.717, 1.165) is 0 Å². The lowest BCUT2D eigenvalue weighted by atomic mass is 10.1. The van der Waals surface area contributed by atoms with Crippen molar-refractivity contribution in [3.8, 4) is 11.3 Å². The van der Waals surface area contributed by atoms with Crippen molar-refractivity contribution in [3.63, 3.8) is 0 Å². The van der Waals surface area contributed by atoms with Crippen LogP contribution >= 0.6 is 23.2 Å². The van der Waals surface area contributed by atoms with Crippen LogP contribution in [-0.2, 0) is 4.74 Å². The number of aromatic nitrogens is 1. The molecule has 0 spiro atoms. The number of ether oxygens (including phenoxy) is 1. The molecule has 6 heteroatoms. The fourth-order valence-corrected chi connectivity index (χ4v) is 1.89. The molecule has 0 atom stereocenters. The number of methoxy groups -OCH3 is 1. The molecule has 0 radical (unpaired) electrons. The fourth-order valence-electron chi connectivity index (χ4n) is 1.53. The normalized spacial score (nSPS) is 10.3. The molecule has 0 aliphatic carbocycles. The van der Waals surface area contributed by atoms with Gasteiger partial charge in [0.05, 0.1) is 22.8 Å². The number of benzene rings is 1. The van der Waals surface area contributed by atoms with Gasteiger partial charge in [0.15, 0.2) is 11.5 Å². The van der Waals surface area contributed by atoms with Gasteiger partial charge in [-0.25, -0.2) is 14.2 Å². The summed E-state index contributed by atoms with van der Waals surface area (Å²) in [6, 6.07) is 7.49. The van der Waals surface area contributed by atoms with Crippen LogP contribution in [0, 0.1) is 5.82 Å². The van der Waals surface area contributed by atoms with Crippen molar-refractivity contribution in [1.29, 1.82) is 0 Å². The van der Waals surface area contributed by atoms with E-state index in [1.807, 2.05) is 0 Å². The Balaban J connectivity index is 2.58. The second-order valence-corrected chi connectivity index (χ2v) is 4.43. The molecule has 2 rings (SSSR count). The lowest BCUT2D eigenvalue weighted by Crippen LogP contribution is -2.06. The van der Waals surface area contributed by atoms with Gasteiger partial charge in [-0.05, 0) is 24.3 Å². The Bertz CT molecular complexity index is 647. The number of esters is 1. The maximum absolute atomic E-state index is 13.9. The average Bonchev–Trinajstić information content (AvgIpc) is 2.42. The molecule has 0 fully saturated rings. The molecule has 0 unspecified atom stereocenters. The van der Waals surface area contributed by atoms with Crippen molar-refractivity contribution in [3.05, 3.63) is 51.9 Å². The molecule has 0 bridgehead atoms. The van der Waals surface area contributed by atoms with Gasteiger partial charge in [-0.2, -0.15) is 0 Å². The van der Waals surface area contributed by atoms with Crippen molar-refractivity contribution < 1.29 is 13.9 Å². The zero-order valence-corrected chi connectivity index (χ0v) is 11.3. The highest BCUT2D eigenvalue weighted by molar-refractivity contribution is 6.33. The summed E-state index contributed by atoms with van der Waals surface area (Å²) in [7, 11) is 1.22. The van der Waals surface area contributed by atoms with Gasteiger partial charge in [0.25, 0.3) is 0 Å². The van der Waals surface area contributed by atoms with E-state index in [2.05, 4.69) is 9.72 Å². The Labute approximate surface area is 118 Å². The Hall–Kier alpha value is -1.65. The van der Waals surface area contributed by atoms with Crippen LogP contribution in [0.25, 0.3) is 11.3 Å². The van der Waals surface area contributed by atoms with E-state index < -0.39 is 11.8 Å². The molecule has 1 heterocycles. The van der Waals surface area contributed by atoms with Gasteiger partial charge in [-0.3, -0.25) is 0 Å². The highest BCUT2D eigenvalue weighted by atomic mass is 35.5. The van der Waals surface area contributed by atoms with Gasteiger partial charge in [-0.1, -0.05) is 29.3 Å². The molecule has 0 aliphatic rings. The molecule has 0 aliphatic heterocycles. The summed E-state index contributed by atoms with van der Waals surface area (Å²) in [6.07, 6.45) is 0. The van der Waals surface area contributed by atoms with E-state index in [4.69, 9.17) is 23.2 Å². The molecule has 1 aromatic heterocycles. The number of hydrogen-bond acceptors (Lipinski definition) is 3. The largest absolute Gasteiger partial charge is 0.464 e. The first-order valence-corrected chi connectivity index (χ1v) is 5.99. The zero-order valence-electron chi connectivity index (χ0n) is 9.78. The Morgan fingerprint density at radius 1 is 1.21 bits per heavy atom. The molecule has 0 N–H and O–H groups in total. The summed E-state index contributed by atoms with van der Waals surface area (Å²) in [5, 5.41) is 0.118. The predicted molar refractivity (Wildman–Crippen MR) is 71.0 cm³/mol. The number of hydrogen-bond donors (Lipinski definition) is 0. The standard InChI is InChI=1S/C13H8Cl2FNO2/c1-19-13(18)12-9(15)5-6-10(17-12)7-3-2-4-8(14)11(7)16/h2-6H,1H3. The predicted octanol–water partition coefficient (Wildman–Crippen LogP) is 3.98. The van der Waals surface area contributed by atoms with Gasteiger partial charge in [-0.15, -0.1) is 0 Å². The lowest BCUT2D eigenvalue weighted by molar-refractivity contribution is 0.0594. The SMILES string of the molecule is COC(=O)c1nc(-c2cccc(Cl)c2F)ccc1Cl. The Morgan fingerprint density at radius 3 is 2.63 bits per heavy atom. The molecule has 1 aromatic carbocycles. The van der Waals surface area contributed by atoms with Crippen LogP contribution in [0.15, 0.2) is 30.3 Å². The number of carbonyl (C=O) groups excluding carboxylic acids is 1. The summed E-state index contributed by atoms with van der Waals surface area (Å²) >= 11 is 11.5. The van der Waals surface area contributed by atoms with Crippen molar-refractivity contribution >= 4 is 29.2 Å². The van der Waals surface area contributed by atoms with Crippen molar-refractivity contribution in [1.82, 2.24) is 4.98 Å². The third-order valence-electron chi connectivity index (χ3n) is 2.45. The van der Waals surface area contributed by atoms with Crippen LogP contribution in [0.2, 0.25) is 10.0 Å². The van der Waals surface area contributed by atoms with Gasteiger partial charge in [0, 0.05) is 5.56 Å². The van der Waals surface area contributed by atoms with Crippen molar-refractivity contribution in [2.75, 3.05) is 7.11 Å². The summed E-state index contributed by atoms with van der Waals surface area (Å²) in [4.78, 5) is 15.5. The minimum Gasteiger partial charge on any atom is -0.464 e. The summed E-state index contributed by atoms with van der Waals surface area (Å²) in [5.74, 6) is -1.29. The topological polar surface area (TPSA) is 39.2 Å². The number of rotatable bonds is 2. The quantitative estimate of drug-likeness (QED) is 0.787. The van der Waals surface area contributed by atoms with Crippen LogP contribution in [0.4, 0.5) is 4.39 Å². The second-order valence-electron chi connectivity index (χ2n) is 3.62. The highest BCUT2D eigenvalue weighted by Gasteiger charge is 2.16. The van der Waals surface area contributed by atoms with E-state index in [1.54, 1.807) is 6.07 Å². The minimum absolute atomic E-state index is 0.0196. The summed E-state index contributed by atoms with van der Waals surface area (Å²) in [5.41, 5.74) is 0.375. The minimum atomic E-state index is -0.686. The summed E-state index contributed by atoms with van der Waals surface area (Å²) < 4.78 is 18.4. The van der Waals surface area contributed by atoms with Crippen LogP contribution in [-0.4, -0.2) is 18.1 Å². The third-order valence-corrected chi connectivity index (χ3v) is 3.05. The van der Waals surface area contributed by atoms with Gasteiger partial charge in [0.2, 0.25) is 0 Å². The van der Waals surface area contributed by atoms with Crippen molar-refractivity contribution in [2.24, 2.45) is 0 Å². The van der Waals surface area contributed by atoms with Gasteiger partial charge >= 0.3 is 5.97 Å². The maximum atomic E-state index is 13.9. The zero-order chi connectivity index (χ0) is 14.0. The first-order valence-electron chi connectivity index (χ1n) is 5.24. The number of carbonyl (C=O) groups is 1. The number of halogens is 3. The Kier molecular flexibility index (Phi) is 4.02. The monoisotopic (exact) mass is 299 g/mol. The van der Waals surface area contributed by atoms with E-state index in [9.17, 15) is 9.18 Å². The lowest BCUT2D eigenvalue weighted by Gasteiger charge is -2.07. The van der Waals surface area contributed by atoms with Gasteiger partial charge in [0.1, 0.15) is 0 Å². The fraction of sp³-hybridized carbons (Fsp3) is 0.0769. The molecule has 98 valence electrons. The van der Waals surface area contributed by atoms with Crippen LogP contribution in [0.5, 0.6) is 0 Å². The molecule has 0 saturated carbocycles. The molecule has 19 heavy (non-hydrogen) atoms. The second kappa shape index (κ2) is 5.55. The summed E-state index contributed by atoms with van der Waals surface area (Å²) in [6.45, 7) is 0. The third kappa shape index (κ3) is 2.69. The van der Waals surface area contributed by atoms with E-state index in [-0.39, 0.29) is 27.0 Å². The molecule has 3 nitrogen and oxygen atoms in total. The van der Waals surface area contributed by atoms with E-state index in [0.29, 0.717) is 0 Å². The van der Waals surface area contributed by atoms with Crippen LogP contribution < -0.4 is 0 Å². The first-order chi connectivity index (χ1) is 9.04.